The molecule has 7 heteroatoms. The van der Waals surface area contributed by atoms with Crippen LogP contribution in [0.15, 0.2) is 72.8 Å². The van der Waals surface area contributed by atoms with E-state index in [4.69, 9.17) is 4.74 Å². The third-order valence-electron chi connectivity index (χ3n) is 8.89. The van der Waals surface area contributed by atoms with Gasteiger partial charge in [0.2, 0.25) is 11.8 Å². The van der Waals surface area contributed by atoms with Gasteiger partial charge in [0, 0.05) is 17.5 Å². The Morgan fingerprint density at radius 1 is 0.805 bits per heavy atom. The van der Waals surface area contributed by atoms with E-state index in [1.807, 2.05) is 43.3 Å². The molecule has 1 heterocycles. The first kappa shape index (κ1) is 26.9. The first-order chi connectivity index (χ1) is 19.9. The number of imide groups is 1. The minimum atomic E-state index is -1.07. The first-order valence-corrected chi connectivity index (χ1v) is 14.5. The Balaban J connectivity index is 1.24. The minimum absolute atomic E-state index is 0.244. The van der Waals surface area contributed by atoms with Crippen molar-refractivity contribution in [2.45, 2.75) is 57.4 Å². The number of anilines is 1. The molecular formula is C34H34N2O5. The van der Waals surface area contributed by atoms with Crippen LogP contribution >= 0.6 is 0 Å². The van der Waals surface area contributed by atoms with Gasteiger partial charge in [-0.1, -0.05) is 87.4 Å². The van der Waals surface area contributed by atoms with Crippen molar-refractivity contribution in [3.05, 3.63) is 101 Å². The van der Waals surface area contributed by atoms with Crippen LogP contribution in [0.1, 0.15) is 72.8 Å². The SMILES string of the molecule is CCCC[C@H](C(=O)OCC(=O)Nc1ccc(CC)cc1)N1C(=O)[C@H]2C3c4ccccc4C(c4ccccc43)[C@@H]2C1=O. The largest absolute Gasteiger partial charge is 0.454 e. The summed E-state index contributed by atoms with van der Waals surface area (Å²) in [6, 6.07) is 22.5. The number of nitrogens with one attached hydrogen (secondary N) is 1. The predicted octanol–water partition coefficient (Wildman–Crippen LogP) is 5.18. The van der Waals surface area contributed by atoms with Crippen molar-refractivity contribution in [1.29, 1.82) is 0 Å². The minimum Gasteiger partial charge on any atom is -0.454 e. The molecule has 1 fully saturated rings. The van der Waals surface area contributed by atoms with Gasteiger partial charge < -0.3 is 10.1 Å². The molecule has 0 unspecified atom stereocenters. The number of aryl methyl sites for hydroxylation is 1. The van der Waals surface area contributed by atoms with E-state index in [9.17, 15) is 19.2 Å². The van der Waals surface area contributed by atoms with Gasteiger partial charge in [-0.15, -0.1) is 0 Å². The molecule has 2 bridgehead atoms. The standard InChI is InChI=1S/C34H34N2O5/c1-3-5-14-26(34(40)41-19-27(37)35-21-17-15-20(4-2)16-18-21)36-32(38)30-28-22-10-6-7-11-23(22)29(31(30)33(36)39)25-13-9-8-12-24(25)28/h6-13,15-18,26,28-31H,3-5,14,19H2,1-2H3,(H,35,37)/t26-,28?,29?,30+,31+/m1/s1. The Morgan fingerprint density at radius 2 is 1.32 bits per heavy atom. The van der Waals surface area contributed by atoms with Gasteiger partial charge in [0.05, 0.1) is 11.8 Å². The number of hydrogen-bond donors (Lipinski definition) is 1. The molecule has 41 heavy (non-hydrogen) atoms. The number of likely N-dealkylation sites (tertiary alicyclic amines) is 1. The van der Waals surface area contributed by atoms with E-state index in [1.165, 1.54) is 4.90 Å². The highest BCUT2D eigenvalue weighted by atomic mass is 16.5. The molecule has 0 radical (unpaired) electrons. The average Bonchev–Trinajstić information content (AvgIpc) is 3.26. The van der Waals surface area contributed by atoms with Crippen molar-refractivity contribution < 1.29 is 23.9 Å². The lowest BCUT2D eigenvalue weighted by Gasteiger charge is -2.45. The van der Waals surface area contributed by atoms with Gasteiger partial charge in [0.1, 0.15) is 6.04 Å². The normalized spacial score (nSPS) is 22.5. The van der Waals surface area contributed by atoms with Crippen molar-refractivity contribution in [3.8, 4) is 0 Å². The third kappa shape index (κ3) is 4.53. The zero-order chi connectivity index (χ0) is 28.7. The maximum absolute atomic E-state index is 14.1. The molecular weight excluding hydrogens is 516 g/mol. The van der Waals surface area contributed by atoms with Gasteiger partial charge >= 0.3 is 5.97 Å². The summed E-state index contributed by atoms with van der Waals surface area (Å²) < 4.78 is 5.44. The summed E-state index contributed by atoms with van der Waals surface area (Å²) in [6.07, 6.45) is 2.60. The third-order valence-corrected chi connectivity index (χ3v) is 8.89. The smallest absolute Gasteiger partial charge is 0.329 e. The topological polar surface area (TPSA) is 92.8 Å². The fourth-order valence-corrected chi connectivity index (χ4v) is 7.01. The van der Waals surface area contributed by atoms with Gasteiger partial charge in [-0.3, -0.25) is 19.3 Å². The van der Waals surface area contributed by atoms with Crippen LogP contribution in [-0.2, 0) is 30.3 Å². The summed E-state index contributed by atoms with van der Waals surface area (Å²) in [4.78, 5) is 55.4. The van der Waals surface area contributed by atoms with E-state index >= 15 is 0 Å². The average molecular weight is 551 g/mol. The van der Waals surface area contributed by atoms with Crippen LogP contribution in [0.25, 0.3) is 0 Å². The molecule has 210 valence electrons. The summed E-state index contributed by atoms with van der Waals surface area (Å²) in [7, 11) is 0. The Hall–Kier alpha value is -4.26. The number of rotatable bonds is 9. The van der Waals surface area contributed by atoms with Crippen LogP contribution in [0.5, 0.6) is 0 Å². The van der Waals surface area contributed by atoms with Crippen LogP contribution in [0.4, 0.5) is 5.69 Å². The number of esters is 1. The molecule has 4 aliphatic rings. The van der Waals surface area contributed by atoms with Gasteiger partial charge in [0.15, 0.2) is 6.61 Å². The Morgan fingerprint density at radius 3 is 1.78 bits per heavy atom. The maximum atomic E-state index is 14.1. The lowest BCUT2D eigenvalue weighted by molar-refractivity contribution is -0.160. The molecule has 3 atom stereocenters. The summed E-state index contributed by atoms with van der Waals surface area (Å²) in [6.45, 7) is 3.54. The van der Waals surface area contributed by atoms with Crippen molar-refractivity contribution in [1.82, 2.24) is 4.90 Å². The van der Waals surface area contributed by atoms with E-state index in [2.05, 4.69) is 36.5 Å². The van der Waals surface area contributed by atoms with Gasteiger partial charge in [-0.2, -0.15) is 0 Å². The zero-order valence-electron chi connectivity index (χ0n) is 23.3. The van der Waals surface area contributed by atoms with Gasteiger partial charge in [0.25, 0.3) is 5.91 Å². The Kier molecular flexibility index (Phi) is 7.20. The van der Waals surface area contributed by atoms with Crippen molar-refractivity contribution >= 4 is 29.4 Å². The number of nitrogens with zero attached hydrogens (tertiary/aromatic N) is 1. The number of unbranched alkanes of at least 4 members (excludes halogenated alkanes) is 1. The fraction of sp³-hybridized carbons (Fsp3) is 0.353. The molecule has 1 saturated heterocycles. The number of carbonyl (C=O) groups is 4. The molecule has 3 aliphatic carbocycles. The predicted molar refractivity (Wildman–Crippen MR) is 154 cm³/mol. The number of benzene rings is 3. The van der Waals surface area contributed by atoms with Gasteiger partial charge in [-0.25, -0.2) is 4.79 Å². The van der Waals surface area contributed by atoms with Gasteiger partial charge in [-0.05, 0) is 52.8 Å². The summed E-state index contributed by atoms with van der Waals surface area (Å²) in [5, 5.41) is 2.73. The molecule has 0 spiro atoms. The highest BCUT2D eigenvalue weighted by molar-refractivity contribution is 6.10. The molecule has 1 aliphatic heterocycles. The molecule has 1 N–H and O–H groups in total. The Labute approximate surface area is 239 Å². The van der Waals surface area contributed by atoms with E-state index in [0.717, 1.165) is 40.7 Å². The highest BCUT2D eigenvalue weighted by Crippen LogP contribution is 2.61. The number of hydrogen-bond acceptors (Lipinski definition) is 5. The molecule has 3 amide bonds. The van der Waals surface area contributed by atoms with E-state index in [-0.39, 0.29) is 23.7 Å². The first-order valence-electron chi connectivity index (χ1n) is 14.5. The molecule has 7 rings (SSSR count). The van der Waals surface area contributed by atoms with E-state index < -0.39 is 36.4 Å². The number of carbonyl (C=O) groups excluding carboxylic acids is 4. The van der Waals surface area contributed by atoms with Crippen LogP contribution in [0.2, 0.25) is 0 Å². The fourth-order valence-electron chi connectivity index (χ4n) is 7.01. The molecule has 3 aromatic carbocycles. The molecule has 0 aromatic heterocycles. The highest BCUT2D eigenvalue weighted by Gasteiger charge is 2.63. The molecule has 0 saturated carbocycles. The quantitative estimate of drug-likeness (QED) is 0.293. The second-order valence-electron chi connectivity index (χ2n) is 11.2. The second-order valence-corrected chi connectivity index (χ2v) is 11.2. The van der Waals surface area contributed by atoms with Crippen LogP contribution in [0, 0.1) is 11.8 Å². The maximum Gasteiger partial charge on any atom is 0.329 e. The summed E-state index contributed by atoms with van der Waals surface area (Å²) in [5.74, 6) is -3.47. The van der Waals surface area contributed by atoms with Crippen molar-refractivity contribution in [2.24, 2.45) is 11.8 Å². The summed E-state index contributed by atoms with van der Waals surface area (Å²) in [5.41, 5.74) is 6.07. The molecule has 3 aromatic rings. The van der Waals surface area contributed by atoms with Crippen molar-refractivity contribution in [3.63, 3.8) is 0 Å². The van der Waals surface area contributed by atoms with Crippen LogP contribution < -0.4 is 5.32 Å². The summed E-state index contributed by atoms with van der Waals surface area (Å²) >= 11 is 0. The molecule has 7 nitrogen and oxygen atoms in total. The lowest BCUT2D eigenvalue weighted by Crippen LogP contribution is -2.47. The number of amides is 3. The van der Waals surface area contributed by atoms with Crippen LogP contribution in [0.3, 0.4) is 0 Å². The monoisotopic (exact) mass is 550 g/mol. The second kappa shape index (κ2) is 11.0. The lowest BCUT2D eigenvalue weighted by atomic mass is 9.55. The number of ether oxygens (including phenoxy) is 1. The van der Waals surface area contributed by atoms with Crippen LogP contribution in [-0.4, -0.2) is 41.2 Å². The Bertz CT molecular complexity index is 1400. The van der Waals surface area contributed by atoms with E-state index in [0.29, 0.717) is 18.5 Å². The van der Waals surface area contributed by atoms with Crippen molar-refractivity contribution in [2.75, 3.05) is 11.9 Å². The van der Waals surface area contributed by atoms with E-state index in [1.54, 1.807) is 12.1 Å². The zero-order valence-corrected chi connectivity index (χ0v) is 23.3.